The summed E-state index contributed by atoms with van der Waals surface area (Å²) in [5.41, 5.74) is 1.99. The number of hydrogen-bond acceptors (Lipinski definition) is 5. The summed E-state index contributed by atoms with van der Waals surface area (Å²) in [5.74, 6) is 0.665. The summed E-state index contributed by atoms with van der Waals surface area (Å²) < 4.78 is 31.2. The maximum absolute atomic E-state index is 12.4. The average molecular weight is 446 g/mol. The zero-order valence-corrected chi connectivity index (χ0v) is 19.2. The molecule has 1 aliphatic rings. The SMILES string of the molecule is CCS(=O)(=O)N(C)c1ccc(C(=O)NCc2ccc(OC3CCN(C)CC3)cc2)cc1. The summed E-state index contributed by atoms with van der Waals surface area (Å²) in [4.78, 5) is 14.7. The van der Waals surface area contributed by atoms with Crippen molar-refractivity contribution in [3.05, 3.63) is 59.7 Å². The van der Waals surface area contributed by atoms with E-state index >= 15 is 0 Å². The lowest BCUT2D eigenvalue weighted by atomic mass is 10.1. The van der Waals surface area contributed by atoms with Crippen LogP contribution in [0, 0.1) is 0 Å². The van der Waals surface area contributed by atoms with E-state index in [9.17, 15) is 13.2 Å². The van der Waals surface area contributed by atoms with Gasteiger partial charge in [0.05, 0.1) is 11.4 Å². The second-order valence-corrected chi connectivity index (χ2v) is 10.2. The minimum Gasteiger partial charge on any atom is -0.490 e. The van der Waals surface area contributed by atoms with E-state index in [1.807, 2.05) is 24.3 Å². The van der Waals surface area contributed by atoms with Gasteiger partial charge >= 0.3 is 0 Å². The lowest BCUT2D eigenvalue weighted by molar-refractivity contribution is 0.0951. The fourth-order valence-electron chi connectivity index (χ4n) is 3.44. The molecule has 1 amide bonds. The number of likely N-dealkylation sites (tertiary alicyclic amines) is 1. The van der Waals surface area contributed by atoms with Gasteiger partial charge < -0.3 is 15.0 Å². The Hall–Kier alpha value is -2.58. The summed E-state index contributed by atoms with van der Waals surface area (Å²) >= 11 is 0. The zero-order valence-electron chi connectivity index (χ0n) is 18.4. The highest BCUT2D eigenvalue weighted by molar-refractivity contribution is 7.92. The number of nitrogens with zero attached hydrogens (tertiary/aromatic N) is 2. The Labute approximate surface area is 185 Å². The summed E-state index contributed by atoms with van der Waals surface area (Å²) in [7, 11) is 0.310. The molecule has 0 aromatic heterocycles. The Morgan fingerprint density at radius 1 is 1.10 bits per heavy atom. The van der Waals surface area contributed by atoms with Gasteiger partial charge in [0.15, 0.2) is 0 Å². The van der Waals surface area contributed by atoms with Crippen LogP contribution in [0.4, 0.5) is 5.69 Å². The zero-order chi connectivity index (χ0) is 22.4. The lowest BCUT2D eigenvalue weighted by Crippen LogP contribution is -2.35. The predicted octanol–water partition coefficient (Wildman–Crippen LogP) is 2.88. The molecule has 7 nitrogen and oxygen atoms in total. The molecule has 0 spiro atoms. The molecule has 1 fully saturated rings. The van der Waals surface area contributed by atoms with Crippen LogP contribution in [0.15, 0.2) is 48.5 Å². The average Bonchev–Trinajstić information content (AvgIpc) is 2.79. The molecule has 0 saturated carbocycles. The molecular formula is C23H31N3O4S. The standard InChI is InChI=1S/C23H31N3O4S/c1-4-31(28,29)26(3)20-9-7-19(8-10-20)23(27)24-17-18-5-11-21(12-6-18)30-22-13-15-25(2)16-14-22/h5-12,22H,4,13-17H2,1-3H3,(H,24,27). The Bertz CT molecular complexity index is 967. The summed E-state index contributed by atoms with van der Waals surface area (Å²) in [6.07, 6.45) is 2.33. The Morgan fingerprint density at radius 2 is 1.71 bits per heavy atom. The first kappa shape index (κ1) is 23.1. The number of carbonyl (C=O) groups excluding carboxylic acids is 1. The van der Waals surface area contributed by atoms with Crippen molar-refractivity contribution in [3.63, 3.8) is 0 Å². The van der Waals surface area contributed by atoms with Crippen molar-refractivity contribution < 1.29 is 17.9 Å². The van der Waals surface area contributed by atoms with Gasteiger partial charge in [-0.3, -0.25) is 9.10 Å². The summed E-state index contributed by atoms with van der Waals surface area (Å²) in [6, 6.07) is 14.3. The van der Waals surface area contributed by atoms with Crippen molar-refractivity contribution in [3.8, 4) is 5.75 Å². The van der Waals surface area contributed by atoms with Gasteiger partial charge in [-0.25, -0.2) is 8.42 Å². The van der Waals surface area contributed by atoms with Crippen molar-refractivity contribution in [2.75, 3.05) is 37.2 Å². The number of anilines is 1. The number of rotatable bonds is 8. The highest BCUT2D eigenvalue weighted by Crippen LogP contribution is 2.20. The van der Waals surface area contributed by atoms with Crippen molar-refractivity contribution >= 4 is 21.6 Å². The molecule has 2 aromatic rings. The van der Waals surface area contributed by atoms with Crippen molar-refractivity contribution in [2.45, 2.75) is 32.4 Å². The van der Waals surface area contributed by atoms with Gasteiger partial charge in [0.1, 0.15) is 11.9 Å². The molecule has 1 heterocycles. The molecule has 0 bridgehead atoms. The topological polar surface area (TPSA) is 79.0 Å². The minimum atomic E-state index is -3.33. The Balaban J connectivity index is 1.51. The molecule has 168 valence electrons. The van der Waals surface area contributed by atoms with Crippen LogP contribution >= 0.6 is 0 Å². The van der Waals surface area contributed by atoms with Crippen LogP contribution in [-0.2, 0) is 16.6 Å². The lowest BCUT2D eigenvalue weighted by Gasteiger charge is -2.29. The fourth-order valence-corrected chi connectivity index (χ4v) is 4.27. The van der Waals surface area contributed by atoms with E-state index in [2.05, 4.69) is 17.3 Å². The number of amides is 1. The minimum absolute atomic E-state index is 0.0214. The highest BCUT2D eigenvalue weighted by atomic mass is 32.2. The summed E-state index contributed by atoms with van der Waals surface area (Å²) in [5, 5.41) is 2.89. The van der Waals surface area contributed by atoms with Crippen LogP contribution in [0.1, 0.15) is 35.7 Å². The first-order valence-electron chi connectivity index (χ1n) is 10.6. The third kappa shape index (κ3) is 6.21. The Morgan fingerprint density at radius 3 is 2.29 bits per heavy atom. The maximum Gasteiger partial charge on any atom is 0.251 e. The molecule has 3 rings (SSSR count). The van der Waals surface area contributed by atoms with Gasteiger partial charge in [-0.05, 0) is 68.8 Å². The first-order chi connectivity index (χ1) is 14.8. The number of hydrogen-bond donors (Lipinski definition) is 1. The largest absolute Gasteiger partial charge is 0.490 e. The van der Waals surface area contributed by atoms with E-state index in [0.717, 1.165) is 37.2 Å². The number of benzene rings is 2. The van der Waals surface area contributed by atoms with Crippen LogP contribution in [0.3, 0.4) is 0 Å². The molecule has 31 heavy (non-hydrogen) atoms. The van der Waals surface area contributed by atoms with Crippen LogP contribution in [-0.4, -0.2) is 58.3 Å². The molecule has 0 aliphatic carbocycles. The van der Waals surface area contributed by atoms with E-state index in [1.54, 1.807) is 31.2 Å². The van der Waals surface area contributed by atoms with E-state index in [-0.39, 0.29) is 17.8 Å². The fraction of sp³-hybridized carbons (Fsp3) is 0.435. The molecule has 1 saturated heterocycles. The normalized spacial score (nSPS) is 15.5. The van der Waals surface area contributed by atoms with Gasteiger partial charge in [-0.2, -0.15) is 0 Å². The maximum atomic E-state index is 12.4. The number of sulfonamides is 1. The number of nitrogens with one attached hydrogen (secondary N) is 1. The van der Waals surface area contributed by atoms with Crippen LogP contribution < -0.4 is 14.4 Å². The number of carbonyl (C=O) groups is 1. The first-order valence-corrected chi connectivity index (χ1v) is 12.2. The van der Waals surface area contributed by atoms with Crippen molar-refractivity contribution in [2.24, 2.45) is 0 Å². The van der Waals surface area contributed by atoms with Gasteiger partial charge in [-0.15, -0.1) is 0 Å². The molecule has 1 N–H and O–H groups in total. The molecule has 2 aromatic carbocycles. The third-order valence-corrected chi connectivity index (χ3v) is 7.39. The third-order valence-electron chi connectivity index (χ3n) is 5.62. The van der Waals surface area contributed by atoms with Gasteiger partial charge in [0.2, 0.25) is 10.0 Å². The van der Waals surface area contributed by atoms with Crippen LogP contribution in [0.25, 0.3) is 0 Å². The monoisotopic (exact) mass is 445 g/mol. The molecular weight excluding hydrogens is 414 g/mol. The molecule has 8 heteroatoms. The molecule has 0 radical (unpaired) electrons. The quantitative estimate of drug-likeness (QED) is 0.676. The highest BCUT2D eigenvalue weighted by Gasteiger charge is 2.18. The second kappa shape index (κ2) is 10.2. The number of ether oxygens (including phenoxy) is 1. The Kier molecular flexibility index (Phi) is 7.56. The smallest absolute Gasteiger partial charge is 0.251 e. The van der Waals surface area contributed by atoms with E-state index in [0.29, 0.717) is 17.8 Å². The molecule has 1 aliphatic heterocycles. The van der Waals surface area contributed by atoms with Gasteiger partial charge in [0, 0.05) is 32.2 Å². The van der Waals surface area contributed by atoms with E-state index < -0.39 is 10.0 Å². The van der Waals surface area contributed by atoms with Gasteiger partial charge in [0.25, 0.3) is 5.91 Å². The van der Waals surface area contributed by atoms with Gasteiger partial charge in [-0.1, -0.05) is 12.1 Å². The predicted molar refractivity (Wildman–Crippen MR) is 123 cm³/mol. The van der Waals surface area contributed by atoms with Crippen LogP contribution in [0.5, 0.6) is 5.75 Å². The van der Waals surface area contributed by atoms with Crippen molar-refractivity contribution in [1.29, 1.82) is 0 Å². The molecule has 0 unspecified atom stereocenters. The number of piperidine rings is 1. The van der Waals surface area contributed by atoms with E-state index in [4.69, 9.17) is 4.74 Å². The van der Waals surface area contributed by atoms with E-state index in [1.165, 1.54) is 11.4 Å². The van der Waals surface area contributed by atoms with Crippen molar-refractivity contribution in [1.82, 2.24) is 10.2 Å². The second-order valence-electron chi connectivity index (χ2n) is 7.86. The molecule has 0 atom stereocenters. The summed E-state index contributed by atoms with van der Waals surface area (Å²) in [6.45, 7) is 4.11. The van der Waals surface area contributed by atoms with Crippen LogP contribution in [0.2, 0.25) is 0 Å².